The molecular formula is C15H22ClNO2. The zero-order chi connectivity index (χ0) is 13.7. The maximum absolute atomic E-state index is 9.46. The molecule has 0 bridgehead atoms. The van der Waals surface area contributed by atoms with Gasteiger partial charge in [-0.2, -0.15) is 0 Å². The molecule has 106 valence electrons. The van der Waals surface area contributed by atoms with Crippen LogP contribution in [0, 0.1) is 5.92 Å². The number of ether oxygens (including phenoxy) is 1. The third-order valence-corrected chi connectivity index (χ3v) is 4.09. The van der Waals surface area contributed by atoms with Gasteiger partial charge in [-0.25, -0.2) is 0 Å². The molecule has 0 heterocycles. The van der Waals surface area contributed by atoms with E-state index in [9.17, 15) is 5.11 Å². The van der Waals surface area contributed by atoms with Gasteiger partial charge in [0.1, 0.15) is 5.75 Å². The predicted molar refractivity (Wildman–Crippen MR) is 77.7 cm³/mol. The van der Waals surface area contributed by atoms with Crippen LogP contribution in [0.4, 0.5) is 0 Å². The van der Waals surface area contributed by atoms with Crippen molar-refractivity contribution in [3.63, 3.8) is 0 Å². The van der Waals surface area contributed by atoms with E-state index in [2.05, 4.69) is 5.32 Å². The molecule has 0 aromatic heterocycles. The maximum atomic E-state index is 9.46. The van der Waals surface area contributed by atoms with E-state index in [1.54, 1.807) is 7.11 Å². The zero-order valence-electron chi connectivity index (χ0n) is 11.4. The monoisotopic (exact) mass is 283 g/mol. The molecule has 1 aliphatic rings. The highest BCUT2D eigenvalue weighted by Gasteiger charge is 2.18. The SMILES string of the molecule is COc1ccc(CNCC2CCC(O)CC2)cc1Cl. The van der Waals surface area contributed by atoms with E-state index in [0.717, 1.165) is 38.8 Å². The van der Waals surface area contributed by atoms with Crippen LogP contribution in [-0.4, -0.2) is 24.9 Å². The van der Waals surface area contributed by atoms with E-state index < -0.39 is 0 Å². The first-order valence-corrected chi connectivity index (χ1v) is 7.28. The first-order chi connectivity index (χ1) is 9.19. The van der Waals surface area contributed by atoms with E-state index >= 15 is 0 Å². The van der Waals surface area contributed by atoms with E-state index in [1.807, 2.05) is 18.2 Å². The number of nitrogens with one attached hydrogen (secondary N) is 1. The maximum Gasteiger partial charge on any atom is 0.137 e. The molecule has 0 aliphatic heterocycles. The molecule has 2 N–H and O–H groups in total. The normalized spacial score (nSPS) is 23.3. The van der Waals surface area contributed by atoms with Crippen molar-refractivity contribution >= 4 is 11.6 Å². The van der Waals surface area contributed by atoms with E-state index in [-0.39, 0.29) is 6.10 Å². The van der Waals surface area contributed by atoms with Crippen molar-refractivity contribution in [3.8, 4) is 5.75 Å². The Bertz CT molecular complexity index is 403. The second-order valence-electron chi connectivity index (χ2n) is 5.27. The van der Waals surface area contributed by atoms with Crippen LogP contribution in [0.5, 0.6) is 5.75 Å². The highest BCUT2D eigenvalue weighted by atomic mass is 35.5. The summed E-state index contributed by atoms with van der Waals surface area (Å²) in [6.07, 6.45) is 4.06. The van der Waals surface area contributed by atoms with Gasteiger partial charge in [0.25, 0.3) is 0 Å². The van der Waals surface area contributed by atoms with Gasteiger partial charge in [-0.1, -0.05) is 17.7 Å². The van der Waals surface area contributed by atoms with Crippen molar-refractivity contribution in [3.05, 3.63) is 28.8 Å². The zero-order valence-corrected chi connectivity index (χ0v) is 12.1. The van der Waals surface area contributed by atoms with Gasteiger partial charge in [0, 0.05) is 6.54 Å². The number of hydrogen-bond donors (Lipinski definition) is 2. The summed E-state index contributed by atoms with van der Waals surface area (Å²) in [6, 6.07) is 5.87. The van der Waals surface area contributed by atoms with Crippen molar-refractivity contribution < 1.29 is 9.84 Å². The molecule has 0 amide bonds. The van der Waals surface area contributed by atoms with Gasteiger partial charge in [-0.3, -0.25) is 0 Å². The fourth-order valence-electron chi connectivity index (χ4n) is 2.59. The van der Waals surface area contributed by atoms with Gasteiger partial charge in [0.15, 0.2) is 0 Å². The fourth-order valence-corrected chi connectivity index (χ4v) is 2.87. The Hall–Kier alpha value is -0.770. The van der Waals surface area contributed by atoms with Crippen LogP contribution in [0.2, 0.25) is 5.02 Å². The van der Waals surface area contributed by atoms with Crippen LogP contribution >= 0.6 is 11.6 Å². The fraction of sp³-hybridized carbons (Fsp3) is 0.600. The number of aliphatic hydroxyl groups is 1. The predicted octanol–water partition coefficient (Wildman–Crippen LogP) is 2.99. The third-order valence-electron chi connectivity index (χ3n) is 3.79. The quantitative estimate of drug-likeness (QED) is 0.873. The van der Waals surface area contributed by atoms with Gasteiger partial charge in [0.2, 0.25) is 0 Å². The molecule has 0 unspecified atom stereocenters. The summed E-state index contributed by atoms with van der Waals surface area (Å²) < 4.78 is 5.13. The summed E-state index contributed by atoms with van der Waals surface area (Å²) in [5.74, 6) is 1.41. The molecule has 1 aromatic carbocycles. The highest BCUT2D eigenvalue weighted by Crippen LogP contribution is 2.25. The lowest BCUT2D eigenvalue weighted by atomic mass is 9.87. The van der Waals surface area contributed by atoms with Crippen LogP contribution in [0.3, 0.4) is 0 Å². The van der Waals surface area contributed by atoms with Crippen molar-refractivity contribution in [1.29, 1.82) is 0 Å². The molecule has 1 saturated carbocycles. The first kappa shape index (κ1) is 14.6. The van der Waals surface area contributed by atoms with Gasteiger partial charge >= 0.3 is 0 Å². The number of halogens is 1. The number of methoxy groups -OCH3 is 1. The topological polar surface area (TPSA) is 41.5 Å². The van der Waals surface area contributed by atoms with Crippen LogP contribution < -0.4 is 10.1 Å². The minimum absolute atomic E-state index is 0.0726. The molecule has 0 radical (unpaired) electrons. The molecule has 0 saturated heterocycles. The van der Waals surface area contributed by atoms with Gasteiger partial charge in [-0.05, 0) is 55.8 Å². The average Bonchev–Trinajstić information content (AvgIpc) is 2.41. The first-order valence-electron chi connectivity index (χ1n) is 6.90. The Morgan fingerprint density at radius 1 is 1.32 bits per heavy atom. The molecule has 19 heavy (non-hydrogen) atoms. The molecule has 0 spiro atoms. The summed E-state index contributed by atoms with van der Waals surface area (Å²) >= 11 is 6.09. The lowest BCUT2D eigenvalue weighted by Crippen LogP contribution is -2.27. The van der Waals surface area contributed by atoms with Crippen molar-refractivity contribution in [1.82, 2.24) is 5.32 Å². The summed E-state index contributed by atoms with van der Waals surface area (Å²) in [5, 5.41) is 13.6. The Balaban J connectivity index is 1.75. The van der Waals surface area contributed by atoms with E-state index in [0.29, 0.717) is 16.7 Å². The van der Waals surface area contributed by atoms with Crippen molar-refractivity contribution in [2.24, 2.45) is 5.92 Å². The number of rotatable bonds is 5. The second-order valence-corrected chi connectivity index (χ2v) is 5.68. The third kappa shape index (κ3) is 4.37. The molecule has 2 rings (SSSR count). The molecule has 4 heteroatoms. The lowest BCUT2D eigenvalue weighted by molar-refractivity contribution is 0.108. The highest BCUT2D eigenvalue weighted by molar-refractivity contribution is 6.32. The van der Waals surface area contributed by atoms with Gasteiger partial charge < -0.3 is 15.2 Å². The molecule has 1 aliphatic carbocycles. The Kier molecular flexibility index (Phi) is 5.49. The molecule has 1 aromatic rings. The molecule has 3 nitrogen and oxygen atoms in total. The Morgan fingerprint density at radius 3 is 2.68 bits per heavy atom. The van der Waals surface area contributed by atoms with Crippen LogP contribution in [0.15, 0.2) is 18.2 Å². The van der Waals surface area contributed by atoms with E-state index in [1.165, 1.54) is 5.56 Å². The lowest BCUT2D eigenvalue weighted by Gasteiger charge is -2.25. The summed E-state index contributed by atoms with van der Waals surface area (Å²) in [4.78, 5) is 0. The van der Waals surface area contributed by atoms with Gasteiger partial charge in [0.05, 0.1) is 18.2 Å². The molecule has 1 fully saturated rings. The largest absolute Gasteiger partial charge is 0.495 e. The van der Waals surface area contributed by atoms with Crippen LogP contribution in [0.1, 0.15) is 31.2 Å². The number of hydrogen-bond acceptors (Lipinski definition) is 3. The summed E-state index contributed by atoms with van der Waals surface area (Å²) in [6.45, 7) is 1.83. The second kappa shape index (κ2) is 7.13. The molecule has 0 atom stereocenters. The van der Waals surface area contributed by atoms with Crippen LogP contribution in [-0.2, 0) is 6.54 Å². The van der Waals surface area contributed by atoms with Crippen LogP contribution in [0.25, 0.3) is 0 Å². The van der Waals surface area contributed by atoms with Crippen molar-refractivity contribution in [2.75, 3.05) is 13.7 Å². The number of aliphatic hydroxyl groups excluding tert-OH is 1. The van der Waals surface area contributed by atoms with E-state index in [4.69, 9.17) is 16.3 Å². The Labute approximate surface area is 119 Å². The smallest absolute Gasteiger partial charge is 0.137 e. The summed E-state index contributed by atoms with van der Waals surface area (Å²) in [7, 11) is 1.62. The van der Waals surface area contributed by atoms with Gasteiger partial charge in [-0.15, -0.1) is 0 Å². The average molecular weight is 284 g/mol. The minimum Gasteiger partial charge on any atom is -0.495 e. The molecular weight excluding hydrogens is 262 g/mol. The standard InChI is InChI=1S/C15H22ClNO2/c1-19-15-7-4-12(8-14(15)16)10-17-9-11-2-5-13(18)6-3-11/h4,7-8,11,13,17-18H,2-3,5-6,9-10H2,1H3. The summed E-state index contributed by atoms with van der Waals surface area (Å²) in [5.41, 5.74) is 1.17. The number of benzene rings is 1. The Morgan fingerprint density at radius 2 is 2.05 bits per heavy atom. The minimum atomic E-state index is -0.0726. The van der Waals surface area contributed by atoms with Crippen molar-refractivity contribution in [2.45, 2.75) is 38.3 Å².